The zero-order chi connectivity index (χ0) is 14.4. The highest BCUT2D eigenvalue weighted by atomic mass is 79.9. The number of rotatable bonds is 6. The number of alkyl halides is 1. The fraction of sp³-hybridized carbons (Fsp3) is 0.250. The average Bonchev–Trinajstić information content (AvgIpc) is 2.47. The van der Waals surface area contributed by atoms with Crippen molar-refractivity contribution in [1.29, 1.82) is 0 Å². The summed E-state index contributed by atoms with van der Waals surface area (Å²) in [5.74, 6) is 2.18. The van der Waals surface area contributed by atoms with Crippen molar-refractivity contribution in [3.63, 3.8) is 0 Å². The van der Waals surface area contributed by atoms with Crippen molar-refractivity contribution >= 4 is 27.5 Å². The van der Waals surface area contributed by atoms with Crippen LogP contribution in [-0.4, -0.2) is 6.61 Å². The highest BCUT2D eigenvalue weighted by Gasteiger charge is 2.09. The van der Waals surface area contributed by atoms with Gasteiger partial charge in [0.25, 0.3) is 0 Å². The summed E-state index contributed by atoms with van der Waals surface area (Å²) in [5.41, 5.74) is 1.04. The second-order valence-corrected chi connectivity index (χ2v) is 5.28. The molecule has 0 saturated carbocycles. The summed E-state index contributed by atoms with van der Waals surface area (Å²) >= 11 is 9.49. The molecular formula is C16H16BrClO2. The van der Waals surface area contributed by atoms with E-state index in [0.717, 1.165) is 23.5 Å². The van der Waals surface area contributed by atoms with Crippen molar-refractivity contribution in [2.45, 2.75) is 18.7 Å². The lowest BCUT2D eigenvalue weighted by Gasteiger charge is -2.14. The SMILES string of the molecule is CCCOc1ccccc1Oc1cc(Cl)ccc1CBr. The van der Waals surface area contributed by atoms with Crippen LogP contribution in [0.5, 0.6) is 17.2 Å². The standard InChI is InChI=1S/C16H16BrClO2/c1-2-9-19-14-5-3-4-6-15(14)20-16-10-13(18)8-7-12(16)11-17/h3-8,10H,2,9,11H2,1H3. The van der Waals surface area contributed by atoms with E-state index in [0.29, 0.717) is 22.7 Å². The first-order chi connectivity index (χ1) is 9.74. The summed E-state index contributed by atoms with van der Waals surface area (Å²) in [5, 5.41) is 1.36. The first-order valence-electron chi connectivity index (χ1n) is 6.48. The highest BCUT2D eigenvalue weighted by molar-refractivity contribution is 9.08. The maximum atomic E-state index is 6.04. The molecule has 0 amide bonds. The number of hydrogen-bond donors (Lipinski definition) is 0. The summed E-state index contributed by atoms with van der Waals surface area (Å²) in [6.07, 6.45) is 0.956. The van der Waals surface area contributed by atoms with Gasteiger partial charge < -0.3 is 9.47 Å². The fourth-order valence-electron chi connectivity index (χ4n) is 1.72. The van der Waals surface area contributed by atoms with Gasteiger partial charge in [0, 0.05) is 15.9 Å². The molecule has 0 aromatic heterocycles. The van der Waals surface area contributed by atoms with Gasteiger partial charge in [-0.05, 0) is 30.7 Å². The predicted molar refractivity (Wildman–Crippen MR) is 86.4 cm³/mol. The monoisotopic (exact) mass is 354 g/mol. The molecule has 0 radical (unpaired) electrons. The van der Waals surface area contributed by atoms with Crippen LogP contribution in [0.3, 0.4) is 0 Å². The molecule has 2 aromatic carbocycles. The molecule has 0 aliphatic heterocycles. The zero-order valence-corrected chi connectivity index (χ0v) is 13.6. The van der Waals surface area contributed by atoms with Gasteiger partial charge in [0.2, 0.25) is 0 Å². The first-order valence-corrected chi connectivity index (χ1v) is 7.98. The van der Waals surface area contributed by atoms with E-state index < -0.39 is 0 Å². The third-order valence-electron chi connectivity index (χ3n) is 2.70. The van der Waals surface area contributed by atoms with Crippen molar-refractivity contribution in [3.8, 4) is 17.2 Å². The van der Waals surface area contributed by atoms with E-state index in [4.69, 9.17) is 21.1 Å². The highest BCUT2D eigenvalue weighted by Crippen LogP contribution is 2.35. The Bertz CT molecular complexity index is 572. The second kappa shape index (κ2) is 7.55. The molecule has 0 aliphatic rings. The molecule has 0 fully saturated rings. The number of halogens is 2. The number of para-hydroxylation sites is 2. The lowest BCUT2D eigenvalue weighted by molar-refractivity contribution is 0.302. The van der Waals surface area contributed by atoms with Crippen LogP contribution < -0.4 is 9.47 Å². The zero-order valence-electron chi connectivity index (χ0n) is 11.2. The molecule has 4 heteroatoms. The minimum Gasteiger partial charge on any atom is -0.490 e. The van der Waals surface area contributed by atoms with Crippen LogP contribution in [0.4, 0.5) is 0 Å². The van der Waals surface area contributed by atoms with Crippen molar-refractivity contribution in [3.05, 3.63) is 53.1 Å². The summed E-state index contributed by atoms with van der Waals surface area (Å²) in [7, 11) is 0. The summed E-state index contributed by atoms with van der Waals surface area (Å²) < 4.78 is 11.7. The first kappa shape index (κ1) is 15.2. The third kappa shape index (κ3) is 3.90. The van der Waals surface area contributed by atoms with Gasteiger partial charge in [-0.2, -0.15) is 0 Å². The average molecular weight is 356 g/mol. The topological polar surface area (TPSA) is 18.5 Å². The Morgan fingerprint density at radius 3 is 2.50 bits per heavy atom. The predicted octanol–water partition coefficient (Wildman–Crippen LogP) is 5.82. The van der Waals surface area contributed by atoms with Crippen LogP contribution >= 0.6 is 27.5 Å². The number of benzene rings is 2. The van der Waals surface area contributed by atoms with Crippen LogP contribution in [0, 0.1) is 0 Å². The fourth-order valence-corrected chi connectivity index (χ4v) is 2.34. The van der Waals surface area contributed by atoms with E-state index in [1.165, 1.54) is 0 Å². The van der Waals surface area contributed by atoms with Gasteiger partial charge in [-0.15, -0.1) is 0 Å². The van der Waals surface area contributed by atoms with Crippen molar-refractivity contribution in [2.24, 2.45) is 0 Å². The maximum absolute atomic E-state index is 6.04. The smallest absolute Gasteiger partial charge is 0.169 e. The van der Waals surface area contributed by atoms with Gasteiger partial charge in [0.15, 0.2) is 11.5 Å². The Morgan fingerprint density at radius 2 is 1.80 bits per heavy atom. The normalized spacial score (nSPS) is 10.3. The van der Waals surface area contributed by atoms with Crippen LogP contribution in [0.25, 0.3) is 0 Å². The van der Waals surface area contributed by atoms with E-state index >= 15 is 0 Å². The molecule has 0 atom stereocenters. The molecule has 106 valence electrons. The van der Waals surface area contributed by atoms with E-state index in [1.54, 1.807) is 0 Å². The van der Waals surface area contributed by atoms with Crippen molar-refractivity contribution in [2.75, 3.05) is 6.61 Å². The molecule has 20 heavy (non-hydrogen) atoms. The molecular weight excluding hydrogens is 340 g/mol. The van der Waals surface area contributed by atoms with Gasteiger partial charge in [-0.3, -0.25) is 0 Å². The molecule has 0 heterocycles. The second-order valence-electron chi connectivity index (χ2n) is 4.28. The number of hydrogen-bond acceptors (Lipinski definition) is 2. The van der Waals surface area contributed by atoms with Crippen molar-refractivity contribution in [1.82, 2.24) is 0 Å². The summed E-state index contributed by atoms with van der Waals surface area (Å²) in [4.78, 5) is 0. The molecule has 2 rings (SSSR count). The minimum absolute atomic E-state index is 0.650. The van der Waals surface area contributed by atoms with Crippen LogP contribution in [0.15, 0.2) is 42.5 Å². The molecule has 0 saturated heterocycles. The number of ether oxygens (including phenoxy) is 2. The van der Waals surface area contributed by atoms with E-state index in [9.17, 15) is 0 Å². The van der Waals surface area contributed by atoms with Crippen LogP contribution in [0.2, 0.25) is 5.02 Å². The molecule has 0 N–H and O–H groups in total. The van der Waals surface area contributed by atoms with Gasteiger partial charge in [0.05, 0.1) is 6.61 Å². The maximum Gasteiger partial charge on any atom is 0.169 e. The largest absolute Gasteiger partial charge is 0.490 e. The molecule has 0 bridgehead atoms. The Balaban J connectivity index is 2.27. The Kier molecular flexibility index (Phi) is 5.74. The Hall–Kier alpha value is -1.19. The summed E-state index contributed by atoms with van der Waals surface area (Å²) in [6.45, 7) is 2.74. The van der Waals surface area contributed by atoms with Gasteiger partial charge in [-0.25, -0.2) is 0 Å². The van der Waals surface area contributed by atoms with Crippen LogP contribution in [0.1, 0.15) is 18.9 Å². The van der Waals surface area contributed by atoms with Crippen molar-refractivity contribution < 1.29 is 9.47 Å². The molecule has 0 spiro atoms. The molecule has 0 unspecified atom stereocenters. The van der Waals surface area contributed by atoms with E-state index in [2.05, 4.69) is 22.9 Å². The lowest BCUT2D eigenvalue weighted by atomic mass is 10.2. The molecule has 2 nitrogen and oxygen atoms in total. The van der Waals surface area contributed by atoms with Gasteiger partial charge >= 0.3 is 0 Å². The van der Waals surface area contributed by atoms with E-state index in [-0.39, 0.29) is 0 Å². The Morgan fingerprint density at radius 1 is 1.05 bits per heavy atom. The lowest BCUT2D eigenvalue weighted by Crippen LogP contribution is -1.98. The van der Waals surface area contributed by atoms with Crippen LogP contribution in [-0.2, 0) is 5.33 Å². The molecule has 0 aliphatic carbocycles. The molecule has 2 aromatic rings. The van der Waals surface area contributed by atoms with E-state index in [1.807, 2.05) is 42.5 Å². The minimum atomic E-state index is 0.650. The quantitative estimate of drug-likeness (QED) is 0.608. The summed E-state index contributed by atoms with van der Waals surface area (Å²) in [6, 6.07) is 13.3. The van der Waals surface area contributed by atoms with Gasteiger partial charge in [-0.1, -0.05) is 52.7 Å². The van der Waals surface area contributed by atoms with Gasteiger partial charge in [0.1, 0.15) is 5.75 Å². The third-order valence-corrected chi connectivity index (χ3v) is 3.54. The Labute approximate surface area is 132 Å².